The Hall–Kier alpha value is -3.56. The van der Waals surface area contributed by atoms with Gasteiger partial charge in [-0.25, -0.2) is 15.0 Å². The highest BCUT2D eigenvalue weighted by atomic mass is 35.5. The fraction of sp³-hybridized carbons (Fsp3) is 0.292. The summed E-state index contributed by atoms with van der Waals surface area (Å²) in [7, 11) is 1.62. The molecule has 0 aliphatic carbocycles. The van der Waals surface area contributed by atoms with Crippen LogP contribution >= 0.6 is 11.6 Å². The molecule has 5 rings (SSSR count). The molecule has 1 atom stereocenters. The molecule has 5 heterocycles. The second kappa shape index (κ2) is 9.36. The van der Waals surface area contributed by atoms with Crippen LogP contribution in [0.5, 0.6) is 5.88 Å². The fourth-order valence-corrected chi connectivity index (χ4v) is 4.12. The molecule has 1 aliphatic rings. The Balaban J connectivity index is 1.49. The van der Waals surface area contributed by atoms with Crippen LogP contribution in [0.1, 0.15) is 28.7 Å². The Kier molecular flexibility index (Phi) is 6.12. The molecule has 0 saturated heterocycles. The minimum atomic E-state index is -0.233. The summed E-state index contributed by atoms with van der Waals surface area (Å²) in [6.07, 6.45) is 5.49. The molecule has 4 aromatic rings. The number of nitrogens with zero attached hydrogens (tertiary/aromatic N) is 6. The number of carbonyl (C=O) groups excluding carboxylic acids is 1. The molecule has 10 heteroatoms. The van der Waals surface area contributed by atoms with Gasteiger partial charge < -0.3 is 18.8 Å². The molecule has 9 nitrogen and oxygen atoms in total. The monoisotopic (exact) mass is 478 g/mol. The van der Waals surface area contributed by atoms with E-state index in [0.717, 1.165) is 22.3 Å². The molecular formula is C24H23ClN6O3. The average molecular weight is 479 g/mol. The van der Waals surface area contributed by atoms with Crippen LogP contribution in [0.4, 0.5) is 0 Å². The molecule has 0 spiro atoms. The number of imidazole rings is 1. The van der Waals surface area contributed by atoms with Gasteiger partial charge in [-0.3, -0.25) is 4.79 Å². The summed E-state index contributed by atoms with van der Waals surface area (Å²) in [6, 6.07) is 9.19. The molecular weight excluding hydrogens is 456 g/mol. The Labute approximate surface area is 201 Å². The van der Waals surface area contributed by atoms with Gasteiger partial charge in [0.05, 0.1) is 29.9 Å². The van der Waals surface area contributed by atoms with E-state index >= 15 is 0 Å². The van der Waals surface area contributed by atoms with E-state index in [0.29, 0.717) is 48.7 Å². The van der Waals surface area contributed by atoms with Crippen LogP contribution in [0, 0.1) is 0 Å². The SMILES string of the molecule is COC[C@H](C)Oc1nc(-c2ccc(Cl)nc2)nc2c1CN(C(=O)c1ncn3ccccc13)CC2. The Morgan fingerprint density at radius 1 is 1.21 bits per heavy atom. The van der Waals surface area contributed by atoms with Crippen molar-refractivity contribution in [2.75, 3.05) is 20.3 Å². The van der Waals surface area contributed by atoms with Crippen molar-refractivity contribution in [3.05, 3.63) is 71.2 Å². The molecule has 4 aromatic heterocycles. The van der Waals surface area contributed by atoms with Gasteiger partial charge in [0.1, 0.15) is 17.6 Å². The number of hydrogen-bond donors (Lipinski definition) is 0. The molecule has 0 bridgehead atoms. The normalized spacial score (nSPS) is 14.1. The van der Waals surface area contributed by atoms with Gasteiger partial charge in [-0.2, -0.15) is 4.98 Å². The van der Waals surface area contributed by atoms with E-state index in [1.807, 2.05) is 41.8 Å². The third-order valence-electron chi connectivity index (χ3n) is 5.66. The summed E-state index contributed by atoms with van der Waals surface area (Å²) < 4.78 is 13.2. The highest BCUT2D eigenvalue weighted by molar-refractivity contribution is 6.29. The quantitative estimate of drug-likeness (QED) is 0.392. The lowest BCUT2D eigenvalue weighted by molar-refractivity contribution is 0.0712. The highest BCUT2D eigenvalue weighted by Crippen LogP contribution is 2.30. The van der Waals surface area contributed by atoms with Crippen molar-refractivity contribution in [1.29, 1.82) is 0 Å². The summed E-state index contributed by atoms with van der Waals surface area (Å²) in [4.78, 5) is 33.1. The van der Waals surface area contributed by atoms with Crippen LogP contribution in [-0.2, 0) is 17.7 Å². The molecule has 0 fully saturated rings. The van der Waals surface area contributed by atoms with Crippen LogP contribution in [0.2, 0.25) is 5.15 Å². The van der Waals surface area contributed by atoms with Gasteiger partial charge in [0, 0.05) is 38.0 Å². The number of amides is 1. The first-order valence-electron chi connectivity index (χ1n) is 10.9. The van der Waals surface area contributed by atoms with Gasteiger partial charge in [0.2, 0.25) is 5.88 Å². The maximum absolute atomic E-state index is 13.4. The average Bonchev–Trinajstić information content (AvgIpc) is 3.28. The largest absolute Gasteiger partial charge is 0.472 e. The molecule has 1 amide bonds. The van der Waals surface area contributed by atoms with Crippen LogP contribution in [0.25, 0.3) is 16.9 Å². The lowest BCUT2D eigenvalue weighted by atomic mass is 10.1. The minimum absolute atomic E-state index is 0.138. The van der Waals surface area contributed by atoms with Gasteiger partial charge in [0.15, 0.2) is 11.5 Å². The van der Waals surface area contributed by atoms with Crippen LogP contribution in [0.3, 0.4) is 0 Å². The molecule has 0 radical (unpaired) electrons. The molecule has 0 saturated carbocycles. The number of rotatable bonds is 6. The summed E-state index contributed by atoms with van der Waals surface area (Å²) >= 11 is 5.94. The first-order chi connectivity index (χ1) is 16.5. The number of methoxy groups -OCH3 is 1. The topological polar surface area (TPSA) is 94.7 Å². The molecule has 0 unspecified atom stereocenters. The molecule has 174 valence electrons. The molecule has 34 heavy (non-hydrogen) atoms. The fourth-order valence-electron chi connectivity index (χ4n) is 4.01. The molecule has 0 N–H and O–H groups in total. The van der Waals surface area contributed by atoms with E-state index < -0.39 is 0 Å². The zero-order chi connectivity index (χ0) is 23.7. The number of aromatic nitrogens is 5. The number of fused-ring (bicyclic) bond motifs is 2. The lowest BCUT2D eigenvalue weighted by Crippen LogP contribution is -2.37. The van der Waals surface area contributed by atoms with Crippen molar-refractivity contribution in [1.82, 2.24) is 29.2 Å². The Morgan fingerprint density at radius 3 is 2.88 bits per heavy atom. The van der Waals surface area contributed by atoms with Crippen molar-refractivity contribution in [2.24, 2.45) is 0 Å². The Morgan fingerprint density at radius 2 is 2.09 bits per heavy atom. The smallest absolute Gasteiger partial charge is 0.275 e. The Bertz CT molecular complexity index is 1340. The van der Waals surface area contributed by atoms with Gasteiger partial charge >= 0.3 is 0 Å². The van der Waals surface area contributed by atoms with Gasteiger partial charge in [-0.05, 0) is 31.2 Å². The lowest BCUT2D eigenvalue weighted by Gasteiger charge is -2.29. The number of hydrogen-bond acceptors (Lipinski definition) is 7. The predicted molar refractivity (Wildman–Crippen MR) is 126 cm³/mol. The van der Waals surface area contributed by atoms with Crippen molar-refractivity contribution < 1.29 is 14.3 Å². The standard InChI is InChI=1S/C24H23ClN6O3/c1-15(13-33-2)34-23-17-12-30(24(32)21-19-5-3-4-9-31(19)14-27-21)10-8-18(17)28-22(29-23)16-6-7-20(25)26-11-16/h3-7,9,11,14-15H,8,10,12-13H2,1-2H3/t15-/m0/s1. The van der Waals surface area contributed by atoms with E-state index in [-0.39, 0.29) is 12.0 Å². The minimum Gasteiger partial charge on any atom is -0.472 e. The highest BCUT2D eigenvalue weighted by Gasteiger charge is 2.29. The molecule has 0 aromatic carbocycles. The maximum atomic E-state index is 13.4. The van der Waals surface area contributed by atoms with E-state index in [9.17, 15) is 4.79 Å². The van der Waals surface area contributed by atoms with E-state index in [1.165, 1.54) is 0 Å². The van der Waals surface area contributed by atoms with Crippen LogP contribution < -0.4 is 4.74 Å². The van der Waals surface area contributed by atoms with E-state index in [2.05, 4.69) is 15.0 Å². The van der Waals surface area contributed by atoms with Crippen molar-refractivity contribution in [2.45, 2.75) is 26.0 Å². The third kappa shape index (κ3) is 4.32. The first kappa shape index (κ1) is 22.2. The zero-order valence-electron chi connectivity index (χ0n) is 18.8. The zero-order valence-corrected chi connectivity index (χ0v) is 19.6. The van der Waals surface area contributed by atoms with Gasteiger partial charge in [0.25, 0.3) is 5.91 Å². The maximum Gasteiger partial charge on any atom is 0.275 e. The summed E-state index contributed by atoms with van der Waals surface area (Å²) in [5.41, 5.74) is 3.56. The first-order valence-corrected chi connectivity index (χ1v) is 11.3. The van der Waals surface area contributed by atoms with E-state index in [4.69, 9.17) is 26.1 Å². The summed E-state index contributed by atoms with van der Waals surface area (Å²) in [5, 5.41) is 0.396. The van der Waals surface area contributed by atoms with Gasteiger partial charge in [-0.15, -0.1) is 0 Å². The number of halogens is 1. The predicted octanol–water partition coefficient (Wildman–Crippen LogP) is 3.45. The van der Waals surface area contributed by atoms with Crippen LogP contribution in [-0.4, -0.2) is 61.5 Å². The third-order valence-corrected chi connectivity index (χ3v) is 5.88. The molecule has 1 aliphatic heterocycles. The number of ether oxygens (including phenoxy) is 2. The number of pyridine rings is 2. The number of carbonyl (C=O) groups is 1. The van der Waals surface area contributed by atoms with Crippen molar-refractivity contribution in [3.63, 3.8) is 0 Å². The van der Waals surface area contributed by atoms with Crippen molar-refractivity contribution >= 4 is 23.0 Å². The second-order valence-electron chi connectivity index (χ2n) is 8.09. The second-order valence-corrected chi connectivity index (χ2v) is 8.48. The summed E-state index contributed by atoms with van der Waals surface area (Å²) in [5.74, 6) is 0.801. The summed E-state index contributed by atoms with van der Waals surface area (Å²) in [6.45, 7) is 3.15. The van der Waals surface area contributed by atoms with Crippen LogP contribution in [0.15, 0.2) is 49.1 Å². The van der Waals surface area contributed by atoms with E-state index in [1.54, 1.807) is 30.6 Å². The van der Waals surface area contributed by atoms with Crippen molar-refractivity contribution in [3.8, 4) is 17.3 Å². The van der Waals surface area contributed by atoms with Gasteiger partial charge in [-0.1, -0.05) is 17.7 Å².